The minimum atomic E-state index is 0.491. The highest BCUT2D eigenvalue weighted by atomic mass is 16.3. The minimum absolute atomic E-state index is 0.491. The molecule has 1 N–H and O–H groups in total. The summed E-state index contributed by atoms with van der Waals surface area (Å²) in [6.45, 7) is 5.17. The summed E-state index contributed by atoms with van der Waals surface area (Å²) >= 11 is 0. The smallest absolute Gasteiger partial charge is 0.196 e. The van der Waals surface area contributed by atoms with Crippen LogP contribution in [0.3, 0.4) is 0 Å². The zero-order valence-corrected chi connectivity index (χ0v) is 11.3. The second-order valence-corrected chi connectivity index (χ2v) is 5.10. The van der Waals surface area contributed by atoms with Crippen molar-refractivity contribution in [3.63, 3.8) is 0 Å². The molecule has 0 atom stereocenters. The zero-order chi connectivity index (χ0) is 13.2. The Kier molecular flexibility index (Phi) is 3.22. The molecule has 3 heteroatoms. The maximum atomic E-state index is 5.91. The Morgan fingerprint density at radius 3 is 2.84 bits per heavy atom. The Bertz CT molecular complexity index is 700. The molecule has 1 heterocycles. The van der Waals surface area contributed by atoms with Gasteiger partial charge in [-0.15, -0.1) is 0 Å². The van der Waals surface area contributed by atoms with Crippen LogP contribution in [0, 0.1) is 0 Å². The Labute approximate surface area is 112 Å². The summed E-state index contributed by atoms with van der Waals surface area (Å²) in [5.41, 5.74) is 1.84. The van der Waals surface area contributed by atoms with Crippen LogP contribution in [0.2, 0.25) is 0 Å². The van der Waals surface area contributed by atoms with Crippen molar-refractivity contribution < 1.29 is 4.42 Å². The summed E-state index contributed by atoms with van der Waals surface area (Å²) in [5, 5.41) is 5.70. The number of aromatic nitrogens is 1. The van der Waals surface area contributed by atoms with Gasteiger partial charge in [-0.3, -0.25) is 0 Å². The topological polar surface area (TPSA) is 38.1 Å². The van der Waals surface area contributed by atoms with Gasteiger partial charge in [0.25, 0.3) is 0 Å². The molecule has 0 aliphatic rings. The van der Waals surface area contributed by atoms with Crippen molar-refractivity contribution in [2.75, 3.05) is 6.54 Å². The molecule has 3 aromatic rings. The van der Waals surface area contributed by atoms with E-state index < -0.39 is 0 Å². The fourth-order valence-corrected chi connectivity index (χ4v) is 2.28. The highest BCUT2D eigenvalue weighted by Crippen LogP contribution is 2.25. The maximum Gasteiger partial charge on any atom is 0.196 e. The molecular formula is C16H18N2O. The van der Waals surface area contributed by atoms with Gasteiger partial charge in [0.2, 0.25) is 0 Å². The highest BCUT2D eigenvalue weighted by Gasteiger charge is 2.08. The van der Waals surface area contributed by atoms with Crippen LogP contribution in [0.25, 0.3) is 21.9 Å². The van der Waals surface area contributed by atoms with Crippen molar-refractivity contribution in [2.45, 2.75) is 26.3 Å². The molecule has 3 nitrogen and oxygen atoms in total. The Morgan fingerprint density at radius 1 is 1.16 bits per heavy atom. The molecule has 98 valence electrons. The van der Waals surface area contributed by atoms with Gasteiger partial charge in [-0.05, 0) is 11.5 Å². The third kappa shape index (κ3) is 2.47. The first-order chi connectivity index (χ1) is 9.24. The first kappa shape index (κ1) is 12.2. The molecule has 0 spiro atoms. The van der Waals surface area contributed by atoms with Crippen molar-refractivity contribution in [3.8, 4) is 0 Å². The Hall–Kier alpha value is -1.87. The van der Waals surface area contributed by atoms with Crippen LogP contribution in [0.4, 0.5) is 0 Å². The molecule has 0 radical (unpaired) electrons. The van der Waals surface area contributed by atoms with Gasteiger partial charge in [0.15, 0.2) is 11.5 Å². The third-order valence-electron chi connectivity index (χ3n) is 3.22. The zero-order valence-electron chi connectivity index (χ0n) is 11.3. The Balaban J connectivity index is 1.94. The number of hydrogen-bond donors (Lipinski definition) is 1. The van der Waals surface area contributed by atoms with Gasteiger partial charge in [-0.1, -0.05) is 44.2 Å². The van der Waals surface area contributed by atoms with E-state index in [9.17, 15) is 0 Å². The molecule has 0 bridgehead atoms. The van der Waals surface area contributed by atoms with Gasteiger partial charge in [0, 0.05) is 24.4 Å². The number of nitrogens with zero attached hydrogens (tertiary/aromatic N) is 1. The molecule has 0 fully saturated rings. The molecule has 0 aliphatic heterocycles. The maximum absolute atomic E-state index is 5.91. The highest BCUT2D eigenvalue weighted by molar-refractivity contribution is 6.02. The molecule has 2 aromatic carbocycles. The lowest BCUT2D eigenvalue weighted by molar-refractivity contribution is 0.502. The monoisotopic (exact) mass is 254 g/mol. The molecule has 0 amide bonds. The van der Waals surface area contributed by atoms with Crippen LogP contribution >= 0.6 is 0 Å². The van der Waals surface area contributed by atoms with E-state index in [1.54, 1.807) is 0 Å². The van der Waals surface area contributed by atoms with Crippen molar-refractivity contribution in [1.82, 2.24) is 10.3 Å². The summed E-state index contributed by atoms with van der Waals surface area (Å²) in [4.78, 5) is 4.55. The van der Waals surface area contributed by atoms with Crippen molar-refractivity contribution in [2.24, 2.45) is 0 Å². The minimum Gasteiger partial charge on any atom is -0.440 e. The van der Waals surface area contributed by atoms with Gasteiger partial charge in [-0.2, -0.15) is 0 Å². The van der Waals surface area contributed by atoms with Crippen molar-refractivity contribution >= 4 is 21.9 Å². The van der Waals surface area contributed by atoms with E-state index in [-0.39, 0.29) is 0 Å². The molecule has 3 rings (SSSR count). The van der Waals surface area contributed by atoms with Gasteiger partial charge < -0.3 is 9.73 Å². The van der Waals surface area contributed by atoms with Crippen molar-refractivity contribution in [1.29, 1.82) is 0 Å². The van der Waals surface area contributed by atoms with E-state index in [1.807, 2.05) is 18.2 Å². The van der Waals surface area contributed by atoms with Crippen LogP contribution in [-0.4, -0.2) is 17.6 Å². The lowest BCUT2D eigenvalue weighted by Crippen LogP contribution is -2.24. The van der Waals surface area contributed by atoms with Crippen LogP contribution in [0.1, 0.15) is 19.7 Å². The van der Waals surface area contributed by atoms with Gasteiger partial charge in [0.1, 0.15) is 5.52 Å². The number of hydrogen-bond acceptors (Lipinski definition) is 3. The van der Waals surface area contributed by atoms with Crippen LogP contribution < -0.4 is 5.32 Å². The fraction of sp³-hybridized carbons (Fsp3) is 0.312. The SMILES string of the molecule is CC(C)NCCc1nc2ccc3ccccc3c2o1. The second-order valence-electron chi connectivity index (χ2n) is 5.10. The summed E-state index contributed by atoms with van der Waals surface area (Å²) in [6.07, 6.45) is 0.821. The van der Waals surface area contributed by atoms with E-state index in [0.717, 1.165) is 35.3 Å². The number of oxazole rings is 1. The van der Waals surface area contributed by atoms with E-state index >= 15 is 0 Å². The van der Waals surface area contributed by atoms with Gasteiger partial charge in [0.05, 0.1) is 0 Å². The molecule has 0 unspecified atom stereocenters. The molecule has 0 saturated heterocycles. The predicted octanol–water partition coefficient (Wildman–Crippen LogP) is 3.52. The van der Waals surface area contributed by atoms with Gasteiger partial charge >= 0.3 is 0 Å². The van der Waals surface area contributed by atoms with Crippen LogP contribution in [-0.2, 0) is 6.42 Å². The lowest BCUT2D eigenvalue weighted by Gasteiger charge is -2.04. The van der Waals surface area contributed by atoms with Crippen LogP contribution in [0.5, 0.6) is 0 Å². The van der Waals surface area contributed by atoms with E-state index in [0.29, 0.717) is 6.04 Å². The predicted molar refractivity (Wildman–Crippen MR) is 78.4 cm³/mol. The molecule has 1 aromatic heterocycles. The van der Waals surface area contributed by atoms with Crippen LogP contribution in [0.15, 0.2) is 40.8 Å². The number of benzene rings is 2. The average molecular weight is 254 g/mol. The van der Waals surface area contributed by atoms with Gasteiger partial charge in [-0.25, -0.2) is 4.98 Å². The van der Waals surface area contributed by atoms with E-state index in [4.69, 9.17) is 4.42 Å². The molecular weight excluding hydrogens is 236 g/mol. The fourth-order valence-electron chi connectivity index (χ4n) is 2.28. The summed E-state index contributed by atoms with van der Waals surface area (Å²) in [5.74, 6) is 0.805. The number of nitrogens with one attached hydrogen (secondary N) is 1. The largest absolute Gasteiger partial charge is 0.440 e. The quantitative estimate of drug-likeness (QED) is 0.774. The lowest BCUT2D eigenvalue weighted by atomic mass is 10.1. The molecule has 0 aliphatic carbocycles. The summed E-state index contributed by atoms with van der Waals surface area (Å²) < 4.78 is 5.91. The summed E-state index contributed by atoms with van der Waals surface area (Å²) in [6, 6.07) is 12.9. The first-order valence-electron chi connectivity index (χ1n) is 6.74. The van der Waals surface area contributed by atoms with Crippen molar-refractivity contribution in [3.05, 3.63) is 42.3 Å². The first-order valence-corrected chi connectivity index (χ1v) is 6.74. The Morgan fingerprint density at radius 2 is 2.00 bits per heavy atom. The standard InChI is InChI=1S/C16H18N2O/c1-11(2)17-10-9-15-18-14-8-7-12-5-3-4-6-13(12)16(14)19-15/h3-8,11,17H,9-10H2,1-2H3. The molecule has 0 saturated carbocycles. The summed E-state index contributed by atoms with van der Waals surface area (Å²) in [7, 11) is 0. The second kappa shape index (κ2) is 5.02. The molecule has 19 heavy (non-hydrogen) atoms. The normalized spacial score (nSPS) is 11.7. The average Bonchev–Trinajstić information content (AvgIpc) is 2.81. The van der Waals surface area contributed by atoms with E-state index in [2.05, 4.69) is 42.3 Å². The number of rotatable bonds is 4. The third-order valence-corrected chi connectivity index (χ3v) is 3.22. The number of fused-ring (bicyclic) bond motifs is 3. The van der Waals surface area contributed by atoms with E-state index in [1.165, 1.54) is 5.39 Å².